The van der Waals surface area contributed by atoms with Crippen molar-refractivity contribution in [1.82, 2.24) is 14.7 Å². The summed E-state index contributed by atoms with van der Waals surface area (Å²) in [5.41, 5.74) is 0.0231. The number of hydrogen-bond acceptors (Lipinski definition) is 3. The van der Waals surface area contributed by atoms with Crippen LogP contribution in [0.5, 0.6) is 0 Å². The summed E-state index contributed by atoms with van der Waals surface area (Å²) in [6, 6.07) is 8.02. The summed E-state index contributed by atoms with van der Waals surface area (Å²) < 4.78 is 2.36. The lowest BCUT2D eigenvalue weighted by Crippen LogP contribution is -2.67. The highest BCUT2D eigenvalue weighted by atomic mass is 15.3. The average molecular weight is 754 g/mol. The average Bonchev–Trinajstić information content (AvgIpc) is 3.22. The van der Waals surface area contributed by atoms with Crippen LogP contribution in [-0.4, -0.2) is 73.5 Å². The van der Waals surface area contributed by atoms with E-state index in [2.05, 4.69) is 127 Å². The molecule has 0 bridgehead atoms. The first kappa shape index (κ1) is 45.2. The molecule has 0 saturated carbocycles. The second-order valence-electron chi connectivity index (χ2n) is 15.5. The molecule has 6 heteroatoms. The molecular formula is C50H69N6+. The van der Waals surface area contributed by atoms with Crippen molar-refractivity contribution >= 4 is 17.5 Å². The molecular weight excluding hydrogens is 685 g/mol. The predicted molar refractivity (Wildman–Crippen MR) is 244 cm³/mol. The lowest BCUT2D eigenvalue weighted by atomic mass is 9.68. The molecule has 56 heavy (non-hydrogen) atoms. The van der Waals surface area contributed by atoms with Crippen molar-refractivity contribution in [2.45, 2.75) is 76.0 Å². The van der Waals surface area contributed by atoms with E-state index in [0.29, 0.717) is 17.6 Å². The molecule has 2 aliphatic rings. The zero-order valence-corrected chi connectivity index (χ0v) is 35.3. The molecule has 8 atom stereocenters. The number of nitrogens with one attached hydrogen (secondary N) is 1. The lowest BCUT2D eigenvalue weighted by molar-refractivity contribution is -0.589. The van der Waals surface area contributed by atoms with Gasteiger partial charge in [-0.2, -0.15) is 0 Å². The van der Waals surface area contributed by atoms with E-state index in [-0.39, 0.29) is 35.3 Å². The summed E-state index contributed by atoms with van der Waals surface area (Å²) in [5.74, 6) is 2.68. The Balaban J connectivity index is 2.05. The van der Waals surface area contributed by atoms with Crippen molar-refractivity contribution in [3.63, 3.8) is 0 Å². The van der Waals surface area contributed by atoms with Crippen LogP contribution in [0.15, 0.2) is 168 Å². The van der Waals surface area contributed by atoms with Crippen molar-refractivity contribution in [2.24, 2.45) is 34.6 Å². The fourth-order valence-corrected chi connectivity index (χ4v) is 9.23. The molecule has 0 spiro atoms. The first-order chi connectivity index (χ1) is 26.7. The maximum absolute atomic E-state index is 9.47. The van der Waals surface area contributed by atoms with E-state index < -0.39 is 11.1 Å². The highest BCUT2D eigenvalue weighted by molar-refractivity contribution is 6.02. The van der Waals surface area contributed by atoms with Crippen LogP contribution in [0.2, 0.25) is 0 Å². The highest BCUT2D eigenvalue weighted by Gasteiger charge is 2.58. The fraction of sp³-hybridized carbons (Fsp3) is 0.380. The predicted octanol–water partition coefficient (Wildman–Crippen LogP) is 11.0. The summed E-state index contributed by atoms with van der Waals surface area (Å²) in [4.78, 5) is 11.1. The highest BCUT2D eigenvalue weighted by Crippen LogP contribution is 2.45. The van der Waals surface area contributed by atoms with Gasteiger partial charge in [-0.05, 0) is 56.9 Å². The van der Waals surface area contributed by atoms with Gasteiger partial charge >= 0.3 is 0 Å². The minimum absolute atomic E-state index is 0.0291. The molecule has 1 aliphatic carbocycles. The van der Waals surface area contributed by atoms with E-state index in [1.807, 2.05) is 84.9 Å². The molecule has 1 heterocycles. The molecule has 0 aromatic heterocycles. The monoisotopic (exact) mass is 754 g/mol. The number of benzene rings is 1. The quantitative estimate of drug-likeness (QED) is 0.0624. The molecule has 1 aromatic carbocycles. The largest absolute Gasteiger partial charge is 0.353 e. The Kier molecular flexibility index (Phi) is 15.4. The topological polar surface area (TPSA) is 48.9 Å². The van der Waals surface area contributed by atoms with Gasteiger partial charge in [0.15, 0.2) is 0 Å². The van der Waals surface area contributed by atoms with Gasteiger partial charge in [0, 0.05) is 30.3 Å². The number of aliphatic imine (C=N–C) groups is 1. The minimum atomic E-state index is -0.793. The third-order valence-corrected chi connectivity index (χ3v) is 12.8. The third-order valence-electron chi connectivity index (χ3n) is 12.8. The smallest absolute Gasteiger partial charge is 0.259 e. The molecule has 6 nitrogen and oxygen atoms in total. The number of rotatable bonds is 20. The van der Waals surface area contributed by atoms with Crippen LogP contribution >= 0.6 is 0 Å². The fourth-order valence-electron chi connectivity index (χ4n) is 9.23. The zero-order valence-electron chi connectivity index (χ0n) is 35.3. The van der Waals surface area contributed by atoms with Crippen LogP contribution < -0.4 is 0 Å². The van der Waals surface area contributed by atoms with Crippen molar-refractivity contribution in [2.75, 3.05) is 14.1 Å². The van der Waals surface area contributed by atoms with Gasteiger partial charge in [-0.3, -0.25) is 9.98 Å². The molecule has 1 N–H and O–H groups in total. The number of likely N-dealkylation sites (N-methyl/N-ethyl adjacent to an activating group) is 2. The number of amidine groups is 3. The summed E-state index contributed by atoms with van der Waals surface area (Å²) in [7, 11) is 4.20. The van der Waals surface area contributed by atoms with E-state index in [9.17, 15) is 5.41 Å². The molecule has 0 radical (unpaired) electrons. The Labute approximate surface area is 340 Å². The first-order valence-electron chi connectivity index (χ1n) is 19.9. The van der Waals surface area contributed by atoms with Crippen molar-refractivity contribution in [3.05, 3.63) is 174 Å². The lowest BCUT2D eigenvalue weighted by Gasteiger charge is -2.51. The molecule has 298 valence electrons. The van der Waals surface area contributed by atoms with Gasteiger partial charge in [0.05, 0.1) is 36.7 Å². The van der Waals surface area contributed by atoms with Gasteiger partial charge in [0.1, 0.15) is 22.7 Å². The van der Waals surface area contributed by atoms with Gasteiger partial charge in [-0.25, -0.2) is 9.89 Å². The van der Waals surface area contributed by atoms with Crippen LogP contribution in [-0.2, 0) is 0 Å². The molecule has 0 amide bonds. The molecule has 8 unspecified atom stereocenters. The van der Waals surface area contributed by atoms with E-state index in [1.54, 1.807) is 6.20 Å². The standard InChI is InChI=1S/C50H69N6/c1-17-28-29-40-36-41(47-54(16)48(13,21-5)44(20-4)49(14,22-6)56(47)27-11)34-35-43(40)53(15)45(51)38-30-32-39(33-31-38)46(52-25-9)55(26-10)50(23-7,24-8)42(19-3)37(12)18-2/h18-27,30-35,37,40-44,51H,2-11,17,28-29,36H2,1,12-16H3/q+1. The first-order valence-corrected chi connectivity index (χ1v) is 19.9. The summed E-state index contributed by atoms with van der Waals surface area (Å²) >= 11 is 0. The number of nitrogens with zero attached hydrogens (tertiary/aromatic N) is 5. The summed E-state index contributed by atoms with van der Waals surface area (Å²) in [6.45, 7) is 50.5. The normalized spacial score (nSPS) is 26.2. The minimum Gasteiger partial charge on any atom is -0.353 e. The number of hydrogen-bond donors (Lipinski definition) is 1. The SMILES string of the molecule is C=CN=C(c1ccc(C(=N)N(C)C2C=CC(C3=[N+](C)C(C)(C=C)C(C=C)C(C)(C=C)N3C=C)CC2CCCC)cc1)N(C=C)C(C=C)(C=C)C(C=C)C(C)C=C. The second-order valence-corrected chi connectivity index (χ2v) is 15.5. The Hall–Kier alpha value is -5.23. The molecule has 1 aromatic rings. The Morgan fingerprint density at radius 3 is 2.07 bits per heavy atom. The van der Waals surface area contributed by atoms with Gasteiger partial charge < -0.3 is 9.80 Å². The van der Waals surface area contributed by atoms with Gasteiger partial charge in [0.2, 0.25) is 0 Å². The molecule has 0 fully saturated rings. The Morgan fingerprint density at radius 2 is 1.61 bits per heavy atom. The zero-order chi connectivity index (χ0) is 42.0. The van der Waals surface area contributed by atoms with Crippen LogP contribution in [0.1, 0.15) is 64.5 Å². The Bertz CT molecular complexity index is 1780. The van der Waals surface area contributed by atoms with E-state index in [1.165, 1.54) is 12.0 Å². The van der Waals surface area contributed by atoms with Gasteiger partial charge in [-0.15, -0.1) is 32.9 Å². The third kappa shape index (κ3) is 7.89. The molecule has 3 rings (SSSR count). The van der Waals surface area contributed by atoms with Crippen molar-refractivity contribution in [3.8, 4) is 0 Å². The number of unbranched alkanes of at least 4 members (excludes halogenated alkanes) is 1. The van der Waals surface area contributed by atoms with Gasteiger partial charge in [-0.1, -0.05) is 126 Å². The Morgan fingerprint density at radius 1 is 0.982 bits per heavy atom. The van der Waals surface area contributed by atoms with Crippen LogP contribution in [0, 0.1) is 35.0 Å². The van der Waals surface area contributed by atoms with Crippen molar-refractivity contribution in [1.29, 1.82) is 5.41 Å². The van der Waals surface area contributed by atoms with E-state index in [4.69, 9.17) is 4.99 Å². The summed E-state index contributed by atoms with van der Waals surface area (Å²) in [5, 5.41) is 9.47. The molecule has 0 saturated heterocycles. The van der Waals surface area contributed by atoms with E-state index >= 15 is 0 Å². The second kappa shape index (κ2) is 19.1. The maximum Gasteiger partial charge on any atom is 0.259 e. The van der Waals surface area contributed by atoms with E-state index in [0.717, 1.165) is 36.8 Å². The van der Waals surface area contributed by atoms with Gasteiger partial charge in [0.25, 0.3) is 5.84 Å². The van der Waals surface area contributed by atoms with Crippen LogP contribution in [0.3, 0.4) is 0 Å². The van der Waals surface area contributed by atoms with Crippen LogP contribution in [0.4, 0.5) is 0 Å². The van der Waals surface area contributed by atoms with Crippen molar-refractivity contribution < 1.29 is 4.58 Å². The summed E-state index contributed by atoms with van der Waals surface area (Å²) in [6.07, 6.45) is 27.7. The number of allylic oxidation sites excluding steroid dienone is 1. The maximum atomic E-state index is 9.47. The van der Waals surface area contributed by atoms with Crippen LogP contribution in [0.25, 0.3) is 0 Å². The molecule has 1 aliphatic heterocycles.